The molecule has 1 aliphatic heterocycles. The molecule has 2 N–H and O–H groups in total. The zero-order valence-electron chi connectivity index (χ0n) is 8.01. The molecule has 0 bridgehead atoms. The van der Waals surface area contributed by atoms with Gasteiger partial charge < -0.3 is 5.11 Å². The van der Waals surface area contributed by atoms with Crippen LogP contribution in [0.4, 0.5) is 0 Å². The Labute approximate surface area is 86.1 Å². The lowest BCUT2D eigenvalue weighted by Gasteiger charge is -2.11. The number of carbonyl (C=O) groups excluding carboxylic acids is 1. The minimum Gasteiger partial charge on any atom is -0.480 e. The lowest BCUT2D eigenvalue weighted by Crippen LogP contribution is -2.35. The first-order valence-corrected chi connectivity index (χ1v) is 4.81. The van der Waals surface area contributed by atoms with Crippen LogP contribution in [0.2, 0.25) is 0 Å². The van der Waals surface area contributed by atoms with Crippen molar-refractivity contribution in [2.45, 2.75) is 25.3 Å². The molecule has 80 valence electrons. The third kappa shape index (κ3) is 2.39. The Balaban J connectivity index is 1.98. The molecule has 1 amide bonds. The van der Waals surface area contributed by atoms with Crippen molar-refractivity contribution in [3.8, 4) is 0 Å². The third-order valence-corrected chi connectivity index (χ3v) is 2.29. The van der Waals surface area contributed by atoms with Crippen molar-refractivity contribution >= 4 is 24.1 Å². The number of rotatable bonds is 2. The van der Waals surface area contributed by atoms with Crippen molar-refractivity contribution in [3.05, 3.63) is 0 Å². The normalized spacial score (nSPS) is 24.5. The van der Waals surface area contributed by atoms with E-state index in [-0.39, 0.29) is 24.2 Å². The highest BCUT2D eigenvalue weighted by atomic mass is 16.4. The zero-order chi connectivity index (χ0) is 10.8. The van der Waals surface area contributed by atoms with E-state index in [9.17, 15) is 9.59 Å². The van der Waals surface area contributed by atoms with Gasteiger partial charge in [0.05, 0.1) is 0 Å². The van der Waals surface area contributed by atoms with Crippen molar-refractivity contribution < 1.29 is 14.7 Å². The van der Waals surface area contributed by atoms with E-state index >= 15 is 0 Å². The second kappa shape index (κ2) is 3.80. The fourth-order valence-electron chi connectivity index (χ4n) is 1.25. The Hall–Kier alpha value is -1.72. The fraction of sp³-hybridized carbons (Fsp3) is 0.556. The molecule has 0 aromatic carbocycles. The monoisotopic (exact) mass is 209 g/mol. The smallest absolute Gasteiger partial charge is 0.328 e. The van der Waals surface area contributed by atoms with Crippen molar-refractivity contribution in [1.29, 1.82) is 0 Å². The number of guanidine groups is 1. The highest BCUT2D eigenvalue weighted by molar-refractivity contribution is 6.03. The van der Waals surface area contributed by atoms with Gasteiger partial charge in [-0.1, -0.05) is 0 Å². The van der Waals surface area contributed by atoms with Gasteiger partial charge in [-0.25, -0.2) is 14.8 Å². The largest absolute Gasteiger partial charge is 0.480 e. The molecule has 1 saturated carbocycles. The molecule has 1 aliphatic carbocycles. The van der Waals surface area contributed by atoms with Gasteiger partial charge in [0, 0.05) is 18.6 Å². The summed E-state index contributed by atoms with van der Waals surface area (Å²) in [6, 6.07) is -0.822. The van der Waals surface area contributed by atoms with Crippen LogP contribution in [-0.2, 0) is 9.59 Å². The first-order valence-electron chi connectivity index (χ1n) is 4.81. The molecule has 0 aromatic rings. The number of hydrogen-bond donors (Lipinski definition) is 2. The van der Waals surface area contributed by atoms with E-state index in [0.717, 1.165) is 12.8 Å². The number of nitrogens with zero attached hydrogens (tertiary/aromatic N) is 2. The minimum absolute atomic E-state index is 0.0631. The summed E-state index contributed by atoms with van der Waals surface area (Å²) in [6.07, 6.45) is 3.53. The maximum Gasteiger partial charge on any atom is 0.328 e. The number of nitrogens with one attached hydrogen (secondary N) is 1. The Morgan fingerprint density at radius 2 is 2.20 bits per heavy atom. The summed E-state index contributed by atoms with van der Waals surface area (Å²) < 4.78 is 0. The summed E-state index contributed by atoms with van der Waals surface area (Å²) in [5.41, 5.74) is 0. The first kappa shape index (κ1) is 9.82. The van der Waals surface area contributed by atoms with Gasteiger partial charge in [-0.05, 0) is 12.8 Å². The van der Waals surface area contributed by atoms with Gasteiger partial charge in [0.15, 0.2) is 6.04 Å². The van der Waals surface area contributed by atoms with E-state index in [1.807, 2.05) is 0 Å². The molecule has 0 spiro atoms. The van der Waals surface area contributed by atoms with Gasteiger partial charge in [-0.3, -0.25) is 10.1 Å². The minimum atomic E-state index is -1.00. The molecule has 1 unspecified atom stereocenters. The van der Waals surface area contributed by atoms with Crippen LogP contribution in [0.25, 0.3) is 0 Å². The molecular weight excluding hydrogens is 198 g/mol. The van der Waals surface area contributed by atoms with Gasteiger partial charge in [0.2, 0.25) is 11.9 Å². The van der Waals surface area contributed by atoms with Crippen molar-refractivity contribution in [3.63, 3.8) is 0 Å². The molecule has 15 heavy (non-hydrogen) atoms. The standard InChI is InChI=1S/C9H11N3O3/c13-7(5-1-2-5)12-9-10-4-3-6(11-9)8(14)15/h4-6H,1-3H2,(H,14,15)(H,11,12,13). The van der Waals surface area contributed by atoms with Gasteiger partial charge in [0.25, 0.3) is 0 Å². The quantitative estimate of drug-likeness (QED) is 0.659. The van der Waals surface area contributed by atoms with E-state index < -0.39 is 12.0 Å². The highest BCUT2D eigenvalue weighted by Crippen LogP contribution is 2.28. The summed E-state index contributed by atoms with van der Waals surface area (Å²) in [4.78, 5) is 29.6. The Morgan fingerprint density at radius 3 is 2.80 bits per heavy atom. The molecule has 2 rings (SSSR count). The topological polar surface area (TPSA) is 91.1 Å². The Morgan fingerprint density at radius 1 is 1.47 bits per heavy atom. The van der Waals surface area contributed by atoms with E-state index in [4.69, 9.17) is 5.11 Å². The summed E-state index contributed by atoms with van der Waals surface area (Å²) in [7, 11) is 0. The van der Waals surface area contributed by atoms with Crippen molar-refractivity contribution in [1.82, 2.24) is 5.32 Å². The molecule has 1 fully saturated rings. The average Bonchev–Trinajstić information content (AvgIpc) is 3.01. The summed E-state index contributed by atoms with van der Waals surface area (Å²) in [6.45, 7) is 0. The number of carboxylic acid groups (broad SMARTS) is 1. The molecule has 1 atom stereocenters. The van der Waals surface area contributed by atoms with Crippen molar-refractivity contribution in [2.75, 3.05) is 0 Å². The second-order valence-electron chi connectivity index (χ2n) is 3.62. The van der Waals surface area contributed by atoms with Crippen LogP contribution < -0.4 is 5.32 Å². The zero-order valence-corrected chi connectivity index (χ0v) is 8.01. The molecule has 0 aromatic heterocycles. The van der Waals surface area contributed by atoms with E-state index in [0.29, 0.717) is 0 Å². The van der Waals surface area contributed by atoms with Gasteiger partial charge in [-0.15, -0.1) is 0 Å². The van der Waals surface area contributed by atoms with E-state index in [2.05, 4.69) is 15.3 Å². The van der Waals surface area contributed by atoms with Gasteiger partial charge >= 0.3 is 5.97 Å². The van der Waals surface area contributed by atoms with E-state index in [1.54, 1.807) is 0 Å². The van der Waals surface area contributed by atoms with E-state index in [1.165, 1.54) is 6.21 Å². The number of amides is 1. The lowest BCUT2D eigenvalue weighted by molar-refractivity contribution is -0.138. The van der Waals surface area contributed by atoms with Crippen LogP contribution >= 0.6 is 0 Å². The third-order valence-electron chi connectivity index (χ3n) is 2.29. The predicted octanol–water partition coefficient (Wildman–Crippen LogP) is -0.204. The van der Waals surface area contributed by atoms with Crippen molar-refractivity contribution in [2.24, 2.45) is 15.9 Å². The second-order valence-corrected chi connectivity index (χ2v) is 3.62. The fourth-order valence-corrected chi connectivity index (χ4v) is 1.25. The highest BCUT2D eigenvalue weighted by Gasteiger charge is 2.31. The average molecular weight is 209 g/mol. The number of aliphatic carboxylic acids is 1. The van der Waals surface area contributed by atoms with Crippen LogP contribution in [-0.4, -0.2) is 35.2 Å². The van der Waals surface area contributed by atoms with Crippen LogP contribution in [0.5, 0.6) is 0 Å². The predicted molar refractivity (Wildman–Crippen MR) is 52.8 cm³/mol. The maximum atomic E-state index is 11.3. The molecule has 1 heterocycles. The number of carboxylic acids is 1. The molecule has 0 radical (unpaired) electrons. The first-order chi connectivity index (χ1) is 7.16. The lowest BCUT2D eigenvalue weighted by atomic mass is 10.2. The van der Waals surface area contributed by atoms with Crippen LogP contribution in [0.3, 0.4) is 0 Å². The Bertz CT molecular complexity index is 358. The number of carbonyl (C=O) groups is 2. The Kier molecular flexibility index (Phi) is 2.49. The van der Waals surface area contributed by atoms with Gasteiger partial charge in [-0.2, -0.15) is 0 Å². The van der Waals surface area contributed by atoms with Gasteiger partial charge in [0.1, 0.15) is 0 Å². The molecule has 6 heteroatoms. The summed E-state index contributed by atoms with van der Waals surface area (Å²) in [5, 5.41) is 11.2. The SMILES string of the molecule is O=C(NC1=NC(C(=O)O)CC=N1)C1CC1. The summed E-state index contributed by atoms with van der Waals surface area (Å²) in [5.74, 6) is -0.935. The number of aliphatic imine (C=N–C) groups is 2. The molecule has 0 saturated heterocycles. The number of hydrogen-bond acceptors (Lipinski definition) is 4. The van der Waals surface area contributed by atoms with Crippen LogP contribution in [0.15, 0.2) is 9.98 Å². The van der Waals surface area contributed by atoms with Crippen LogP contribution in [0, 0.1) is 5.92 Å². The summed E-state index contributed by atoms with van der Waals surface area (Å²) >= 11 is 0. The molecule has 2 aliphatic rings. The maximum absolute atomic E-state index is 11.3. The molecule has 6 nitrogen and oxygen atoms in total. The molecular formula is C9H11N3O3. The van der Waals surface area contributed by atoms with Crippen LogP contribution in [0.1, 0.15) is 19.3 Å².